The number of anilines is 2. The van der Waals surface area contributed by atoms with Gasteiger partial charge in [0, 0.05) is 36.9 Å². The lowest BCUT2D eigenvalue weighted by Crippen LogP contribution is -2.38. The molecule has 0 saturated carbocycles. The maximum absolute atomic E-state index is 6.04. The van der Waals surface area contributed by atoms with Crippen LogP contribution in [0.25, 0.3) is 10.9 Å². The normalized spacial score (nSPS) is 19.2. The van der Waals surface area contributed by atoms with Gasteiger partial charge in [0.1, 0.15) is 0 Å². The quantitative estimate of drug-likeness (QED) is 0.877. The second-order valence-corrected chi connectivity index (χ2v) is 5.88. The lowest BCUT2D eigenvalue weighted by atomic mass is 10.1. The van der Waals surface area contributed by atoms with Crippen LogP contribution < -0.4 is 10.6 Å². The van der Waals surface area contributed by atoms with Gasteiger partial charge in [-0.1, -0.05) is 19.1 Å². The number of hydrogen-bond acceptors (Lipinski definition) is 4. The van der Waals surface area contributed by atoms with E-state index in [4.69, 9.17) is 5.73 Å². The van der Waals surface area contributed by atoms with Crippen LogP contribution >= 0.6 is 0 Å². The summed E-state index contributed by atoms with van der Waals surface area (Å²) >= 11 is 0. The van der Waals surface area contributed by atoms with Crippen molar-refractivity contribution in [1.82, 2.24) is 9.88 Å². The average Bonchev–Trinajstić information content (AvgIpc) is 2.94. The van der Waals surface area contributed by atoms with Crippen molar-refractivity contribution in [3.63, 3.8) is 0 Å². The van der Waals surface area contributed by atoms with Crippen LogP contribution in [0.5, 0.6) is 0 Å². The van der Waals surface area contributed by atoms with Crippen molar-refractivity contribution < 1.29 is 0 Å². The first kappa shape index (κ1) is 14.1. The van der Waals surface area contributed by atoms with E-state index < -0.39 is 0 Å². The number of nitrogens with zero attached hydrogens (tertiary/aromatic N) is 3. The van der Waals surface area contributed by atoms with Crippen LogP contribution in [0.3, 0.4) is 0 Å². The first-order valence-corrected chi connectivity index (χ1v) is 7.79. The number of likely N-dealkylation sites (N-methyl/N-ethyl adjacent to an activating group) is 2. The Labute approximate surface area is 126 Å². The van der Waals surface area contributed by atoms with Crippen molar-refractivity contribution in [1.29, 1.82) is 0 Å². The number of para-hydroxylation sites is 1. The topological polar surface area (TPSA) is 45.4 Å². The molecule has 1 aromatic heterocycles. The minimum Gasteiger partial charge on any atom is -0.397 e. The van der Waals surface area contributed by atoms with E-state index in [-0.39, 0.29) is 0 Å². The number of aromatic nitrogens is 1. The number of rotatable bonds is 4. The summed E-state index contributed by atoms with van der Waals surface area (Å²) in [5.41, 5.74) is 8.91. The molecule has 0 bridgehead atoms. The number of benzene rings is 1. The molecule has 0 amide bonds. The number of pyridine rings is 1. The zero-order valence-electron chi connectivity index (χ0n) is 12.9. The lowest BCUT2D eigenvalue weighted by Gasteiger charge is -2.29. The molecule has 0 aliphatic carbocycles. The highest BCUT2D eigenvalue weighted by atomic mass is 15.2. The fourth-order valence-electron chi connectivity index (χ4n) is 3.45. The van der Waals surface area contributed by atoms with Crippen LogP contribution in [0.1, 0.15) is 19.8 Å². The molecule has 1 aromatic carbocycles. The Balaban J connectivity index is 1.88. The number of likely N-dealkylation sites (tertiary alicyclic amines) is 1. The smallest absolute Gasteiger partial charge is 0.0951 e. The number of nitrogen functional groups attached to an aromatic ring is 1. The molecule has 2 N–H and O–H groups in total. The SMILES string of the molecule is CCN1CCCC1CN(C)c1ccnc2c(N)cccc12. The van der Waals surface area contributed by atoms with Crippen LogP contribution in [0.2, 0.25) is 0 Å². The second-order valence-electron chi connectivity index (χ2n) is 5.88. The second kappa shape index (κ2) is 5.90. The monoisotopic (exact) mass is 284 g/mol. The van der Waals surface area contributed by atoms with Crippen LogP contribution in [0.15, 0.2) is 30.5 Å². The van der Waals surface area contributed by atoms with Crippen molar-refractivity contribution in [2.75, 3.05) is 37.3 Å². The molecule has 4 nitrogen and oxygen atoms in total. The third kappa shape index (κ3) is 2.68. The van der Waals surface area contributed by atoms with Gasteiger partial charge >= 0.3 is 0 Å². The maximum Gasteiger partial charge on any atom is 0.0951 e. The summed E-state index contributed by atoms with van der Waals surface area (Å²) in [6.45, 7) is 5.68. The zero-order valence-corrected chi connectivity index (χ0v) is 12.9. The minimum atomic E-state index is 0.657. The lowest BCUT2D eigenvalue weighted by molar-refractivity contribution is 0.271. The summed E-state index contributed by atoms with van der Waals surface area (Å²) in [6, 6.07) is 8.77. The molecule has 1 fully saturated rings. The van der Waals surface area contributed by atoms with Gasteiger partial charge in [0.25, 0.3) is 0 Å². The molecule has 1 unspecified atom stereocenters. The van der Waals surface area contributed by atoms with Crippen molar-refractivity contribution in [2.24, 2.45) is 0 Å². The molecule has 2 aromatic rings. The molecule has 112 valence electrons. The highest BCUT2D eigenvalue weighted by Gasteiger charge is 2.24. The van der Waals surface area contributed by atoms with Crippen molar-refractivity contribution in [2.45, 2.75) is 25.8 Å². The van der Waals surface area contributed by atoms with Gasteiger partial charge in [0.05, 0.1) is 11.2 Å². The molecule has 0 radical (unpaired) electrons. The van der Waals surface area contributed by atoms with Crippen molar-refractivity contribution in [3.05, 3.63) is 30.5 Å². The molecule has 4 heteroatoms. The summed E-state index contributed by atoms with van der Waals surface area (Å²) in [5.74, 6) is 0. The van der Waals surface area contributed by atoms with Gasteiger partial charge in [-0.25, -0.2) is 0 Å². The summed E-state index contributed by atoms with van der Waals surface area (Å²) < 4.78 is 0. The van der Waals surface area contributed by atoms with Gasteiger partial charge in [0.15, 0.2) is 0 Å². The standard InChI is InChI=1S/C17H24N4/c1-3-21-11-5-6-13(21)12-20(2)16-9-10-19-17-14(16)7-4-8-15(17)18/h4,7-10,13H,3,5-6,11-12,18H2,1-2H3. The summed E-state index contributed by atoms with van der Waals surface area (Å²) in [4.78, 5) is 9.35. The molecule has 1 atom stereocenters. The number of nitrogens with two attached hydrogens (primary N) is 1. The van der Waals surface area contributed by atoms with E-state index in [1.807, 2.05) is 18.3 Å². The Kier molecular flexibility index (Phi) is 3.97. The fourth-order valence-corrected chi connectivity index (χ4v) is 3.45. The van der Waals surface area contributed by atoms with E-state index in [0.29, 0.717) is 6.04 Å². The van der Waals surface area contributed by atoms with Crippen LogP contribution in [-0.4, -0.2) is 42.6 Å². The largest absolute Gasteiger partial charge is 0.397 e. The van der Waals surface area contributed by atoms with E-state index in [1.54, 1.807) is 0 Å². The molecule has 1 aliphatic heterocycles. The van der Waals surface area contributed by atoms with Gasteiger partial charge in [-0.2, -0.15) is 0 Å². The third-order valence-corrected chi connectivity index (χ3v) is 4.58. The van der Waals surface area contributed by atoms with Gasteiger partial charge in [-0.05, 0) is 38.1 Å². The summed E-state index contributed by atoms with van der Waals surface area (Å²) in [7, 11) is 2.17. The minimum absolute atomic E-state index is 0.657. The first-order chi connectivity index (χ1) is 10.2. The fraction of sp³-hybridized carbons (Fsp3) is 0.471. The van der Waals surface area contributed by atoms with Crippen molar-refractivity contribution >= 4 is 22.3 Å². The Hall–Kier alpha value is -1.81. The van der Waals surface area contributed by atoms with Gasteiger partial charge in [-0.3, -0.25) is 9.88 Å². The molecule has 1 saturated heterocycles. The molecule has 0 spiro atoms. The zero-order chi connectivity index (χ0) is 14.8. The predicted molar refractivity (Wildman–Crippen MR) is 89.7 cm³/mol. The molecule has 1 aliphatic rings. The molecule has 3 rings (SSSR count). The molecular weight excluding hydrogens is 260 g/mol. The molecular formula is C17H24N4. The Bertz CT molecular complexity index is 625. The average molecular weight is 284 g/mol. The van der Waals surface area contributed by atoms with E-state index >= 15 is 0 Å². The third-order valence-electron chi connectivity index (χ3n) is 4.58. The maximum atomic E-state index is 6.04. The van der Waals surface area contributed by atoms with Crippen LogP contribution in [-0.2, 0) is 0 Å². The summed E-state index contributed by atoms with van der Waals surface area (Å²) in [6.07, 6.45) is 4.47. The predicted octanol–water partition coefficient (Wildman–Crippen LogP) is 2.74. The Morgan fingerprint density at radius 3 is 3.05 bits per heavy atom. The molecule has 2 heterocycles. The Morgan fingerprint density at radius 2 is 2.24 bits per heavy atom. The highest BCUT2D eigenvalue weighted by molar-refractivity contribution is 5.97. The highest BCUT2D eigenvalue weighted by Crippen LogP contribution is 2.29. The van der Waals surface area contributed by atoms with E-state index in [1.165, 1.54) is 25.1 Å². The number of hydrogen-bond donors (Lipinski definition) is 1. The van der Waals surface area contributed by atoms with E-state index in [0.717, 1.165) is 29.7 Å². The van der Waals surface area contributed by atoms with Crippen molar-refractivity contribution in [3.8, 4) is 0 Å². The Morgan fingerprint density at radius 1 is 1.38 bits per heavy atom. The van der Waals surface area contributed by atoms with Crippen LogP contribution in [0.4, 0.5) is 11.4 Å². The van der Waals surface area contributed by atoms with E-state index in [2.05, 4.69) is 40.9 Å². The van der Waals surface area contributed by atoms with Crippen LogP contribution in [0, 0.1) is 0 Å². The van der Waals surface area contributed by atoms with Gasteiger partial charge in [-0.15, -0.1) is 0 Å². The van der Waals surface area contributed by atoms with Gasteiger partial charge in [0.2, 0.25) is 0 Å². The van der Waals surface area contributed by atoms with Gasteiger partial charge < -0.3 is 10.6 Å². The summed E-state index contributed by atoms with van der Waals surface area (Å²) in [5, 5.41) is 1.14. The first-order valence-electron chi connectivity index (χ1n) is 7.79. The number of fused-ring (bicyclic) bond motifs is 1. The molecule has 21 heavy (non-hydrogen) atoms. The van der Waals surface area contributed by atoms with E-state index in [9.17, 15) is 0 Å².